The minimum absolute atomic E-state index is 0.572. The Hall–Kier alpha value is -2.67. The van der Waals surface area contributed by atoms with E-state index in [1.165, 1.54) is 22.1 Å². The van der Waals surface area contributed by atoms with Crippen molar-refractivity contribution in [1.29, 1.82) is 0 Å². The number of pyridine rings is 1. The van der Waals surface area contributed by atoms with Gasteiger partial charge < -0.3 is 14.4 Å². The molecule has 1 saturated heterocycles. The van der Waals surface area contributed by atoms with E-state index >= 15 is 0 Å². The maximum atomic E-state index is 6.24. The second-order valence-electron chi connectivity index (χ2n) is 8.61. The topological polar surface area (TPSA) is 41.1 Å². The van der Waals surface area contributed by atoms with Gasteiger partial charge >= 0.3 is 0 Å². The summed E-state index contributed by atoms with van der Waals surface area (Å²) in [4.78, 5) is 12.0. The van der Waals surface area contributed by atoms with Crippen LogP contribution in [0.5, 0.6) is 11.5 Å². The Kier molecular flexibility index (Phi) is 5.76. The lowest BCUT2D eigenvalue weighted by molar-refractivity contribution is 0.0899. The van der Waals surface area contributed by atoms with E-state index in [1.54, 1.807) is 7.11 Å². The molecule has 5 rings (SSSR count). The number of nitrogens with zero attached hydrogens (tertiary/aromatic N) is 4. The molecule has 0 N–H and O–H groups in total. The maximum Gasteiger partial charge on any atom is 0.152 e. The third kappa shape index (κ3) is 4.37. The number of hydrogen-bond acceptors (Lipinski definition) is 6. The summed E-state index contributed by atoms with van der Waals surface area (Å²) < 4.78 is 11.5. The van der Waals surface area contributed by atoms with Crippen LogP contribution in [0, 0.1) is 0 Å². The van der Waals surface area contributed by atoms with Crippen LogP contribution in [-0.2, 0) is 19.6 Å². The molecule has 2 aliphatic heterocycles. The number of hydrogen-bond donors (Lipinski definition) is 0. The summed E-state index contributed by atoms with van der Waals surface area (Å²) in [5.41, 5.74) is 4.83. The smallest absolute Gasteiger partial charge is 0.152 e. The van der Waals surface area contributed by atoms with Crippen molar-refractivity contribution >= 4 is 10.9 Å². The van der Waals surface area contributed by atoms with Crippen molar-refractivity contribution in [3.8, 4) is 11.5 Å². The molecule has 6 nitrogen and oxygen atoms in total. The molecule has 0 unspecified atom stereocenters. The van der Waals surface area contributed by atoms with E-state index in [4.69, 9.17) is 14.5 Å². The average molecular weight is 419 g/mol. The summed E-state index contributed by atoms with van der Waals surface area (Å²) in [6.45, 7) is 7.70. The second kappa shape index (κ2) is 8.83. The largest absolute Gasteiger partial charge is 0.497 e. The normalized spacial score (nSPS) is 18.0. The molecule has 1 aromatic heterocycles. The van der Waals surface area contributed by atoms with Crippen molar-refractivity contribution in [1.82, 2.24) is 19.7 Å². The second-order valence-corrected chi connectivity index (χ2v) is 8.61. The van der Waals surface area contributed by atoms with Gasteiger partial charge in [0.05, 0.1) is 7.11 Å². The van der Waals surface area contributed by atoms with E-state index in [1.807, 2.05) is 24.4 Å². The highest BCUT2D eigenvalue weighted by Gasteiger charge is 2.23. The predicted molar refractivity (Wildman–Crippen MR) is 122 cm³/mol. The number of fused-ring (bicyclic) bond motifs is 3. The van der Waals surface area contributed by atoms with E-state index in [0.717, 1.165) is 62.8 Å². The highest BCUT2D eigenvalue weighted by molar-refractivity contribution is 5.89. The molecule has 31 heavy (non-hydrogen) atoms. The highest BCUT2D eigenvalue weighted by Crippen LogP contribution is 2.35. The summed E-state index contributed by atoms with van der Waals surface area (Å²) in [6, 6.07) is 14.8. The zero-order valence-corrected chi connectivity index (χ0v) is 18.4. The van der Waals surface area contributed by atoms with Gasteiger partial charge in [-0.2, -0.15) is 0 Å². The molecule has 0 spiro atoms. The molecule has 6 heteroatoms. The van der Waals surface area contributed by atoms with Crippen LogP contribution in [0.1, 0.15) is 16.7 Å². The van der Waals surface area contributed by atoms with E-state index in [2.05, 4.69) is 46.0 Å². The molecule has 0 radical (unpaired) electrons. The maximum absolute atomic E-state index is 6.24. The zero-order valence-electron chi connectivity index (χ0n) is 18.4. The molecular weight excluding hydrogens is 388 g/mol. The summed E-state index contributed by atoms with van der Waals surface area (Å²) in [5.74, 6) is 1.83. The number of ether oxygens (including phenoxy) is 2. The first-order valence-electron chi connectivity index (χ1n) is 11.0. The molecule has 1 fully saturated rings. The molecule has 162 valence electrons. The lowest BCUT2D eigenvalue weighted by atomic mass is 10.0. The Balaban J connectivity index is 1.39. The minimum atomic E-state index is 0.572. The highest BCUT2D eigenvalue weighted by atomic mass is 16.5. The fourth-order valence-electron chi connectivity index (χ4n) is 4.54. The quantitative estimate of drug-likeness (QED) is 0.633. The molecular formula is C25H30N4O2. The zero-order chi connectivity index (χ0) is 21.2. The number of aromatic nitrogens is 1. The van der Waals surface area contributed by atoms with E-state index < -0.39 is 0 Å². The summed E-state index contributed by atoms with van der Waals surface area (Å²) >= 11 is 0. The van der Waals surface area contributed by atoms with Crippen molar-refractivity contribution < 1.29 is 9.47 Å². The van der Waals surface area contributed by atoms with E-state index in [-0.39, 0.29) is 0 Å². The van der Waals surface area contributed by atoms with Gasteiger partial charge in [-0.3, -0.25) is 14.8 Å². The van der Waals surface area contributed by atoms with Crippen LogP contribution < -0.4 is 9.47 Å². The molecule has 0 aliphatic carbocycles. The first kappa shape index (κ1) is 20.2. The Morgan fingerprint density at radius 1 is 1.00 bits per heavy atom. The predicted octanol–water partition coefficient (Wildman–Crippen LogP) is 3.34. The van der Waals surface area contributed by atoms with E-state index in [9.17, 15) is 0 Å². The van der Waals surface area contributed by atoms with Gasteiger partial charge in [-0.25, -0.2) is 0 Å². The molecule has 3 heterocycles. The Morgan fingerprint density at radius 3 is 2.58 bits per heavy atom. The lowest BCUT2D eigenvalue weighted by Gasteiger charge is -2.33. The van der Waals surface area contributed by atoms with Gasteiger partial charge in [-0.1, -0.05) is 18.2 Å². The molecule has 2 aromatic carbocycles. The van der Waals surface area contributed by atoms with Crippen LogP contribution in [0.3, 0.4) is 0 Å². The van der Waals surface area contributed by atoms with Crippen LogP contribution in [0.4, 0.5) is 0 Å². The number of piperazine rings is 1. The Bertz CT molecular complexity index is 1050. The Labute approximate surface area is 184 Å². The first-order chi connectivity index (χ1) is 15.2. The van der Waals surface area contributed by atoms with Gasteiger partial charge in [0.1, 0.15) is 18.0 Å². The van der Waals surface area contributed by atoms with Crippen LogP contribution in [0.2, 0.25) is 0 Å². The number of rotatable bonds is 5. The summed E-state index contributed by atoms with van der Waals surface area (Å²) in [7, 11) is 3.90. The van der Waals surface area contributed by atoms with Gasteiger partial charge in [0, 0.05) is 63.0 Å². The fraction of sp³-hybridized carbons (Fsp3) is 0.400. The number of likely N-dealkylation sites (N-methyl/N-ethyl adjacent to an activating group) is 1. The SMILES string of the molecule is COc1ccc(CN2COc3c(cc(CN4CCN(C)CC4)c4cccnc34)C2)cc1. The molecule has 0 saturated carbocycles. The van der Waals surface area contributed by atoms with Crippen molar-refractivity contribution in [2.24, 2.45) is 0 Å². The lowest BCUT2D eigenvalue weighted by Crippen LogP contribution is -2.43. The van der Waals surface area contributed by atoms with Crippen LogP contribution >= 0.6 is 0 Å². The monoisotopic (exact) mass is 418 g/mol. The van der Waals surface area contributed by atoms with Crippen molar-refractivity contribution in [2.45, 2.75) is 19.6 Å². The number of benzene rings is 2. The van der Waals surface area contributed by atoms with Crippen molar-refractivity contribution in [3.05, 3.63) is 65.4 Å². The minimum Gasteiger partial charge on any atom is -0.497 e. The standard InChI is InChI=1S/C25H30N4O2/c1-27-10-12-28(13-11-27)16-20-14-21-17-29(15-19-5-7-22(30-2)8-6-19)18-31-25(21)24-23(20)4-3-9-26-24/h3-9,14H,10-13,15-18H2,1-2H3. The van der Waals surface area contributed by atoms with Crippen LogP contribution in [0.25, 0.3) is 10.9 Å². The first-order valence-corrected chi connectivity index (χ1v) is 11.0. The van der Waals surface area contributed by atoms with Crippen LogP contribution in [0.15, 0.2) is 48.7 Å². The third-order valence-corrected chi connectivity index (χ3v) is 6.35. The molecule has 0 atom stereocenters. The molecule has 3 aromatic rings. The van der Waals surface area contributed by atoms with Crippen molar-refractivity contribution in [2.75, 3.05) is 47.1 Å². The van der Waals surface area contributed by atoms with Gasteiger partial charge in [0.25, 0.3) is 0 Å². The van der Waals surface area contributed by atoms with Gasteiger partial charge in [0.15, 0.2) is 5.75 Å². The van der Waals surface area contributed by atoms with Gasteiger partial charge in [-0.05, 0) is 42.4 Å². The fourth-order valence-corrected chi connectivity index (χ4v) is 4.54. The number of methoxy groups -OCH3 is 1. The van der Waals surface area contributed by atoms with Crippen LogP contribution in [-0.4, -0.2) is 66.8 Å². The average Bonchev–Trinajstić information content (AvgIpc) is 2.81. The van der Waals surface area contributed by atoms with Crippen molar-refractivity contribution in [3.63, 3.8) is 0 Å². The summed E-state index contributed by atoms with van der Waals surface area (Å²) in [5, 5.41) is 1.21. The van der Waals surface area contributed by atoms with Gasteiger partial charge in [-0.15, -0.1) is 0 Å². The summed E-state index contributed by atoms with van der Waals surface area (Å²) in [6.07, 6.45) is 1.87. The third-order valence-electron chi connectivity index (χ3n) is 6.35. The molecule has 2 aliphatic rings. The van der Waals surface area contributed by atoms with Gasteiger partial charge in [0.2, 0.25) is 0 Å². The molecule has 0 bridgehead atoms. The Morgan fingerprint density at radius 2 is 1.81 bits per heavy atom. The van der Waals surface area contributed by atoms with E-state index in [0.29, 0.717) is 6.73 Å². The molecule has 0 amide bonds.